The van der Waals surface area contributed by atoms with Gasteiger partial charge in [0.2, 0.25) is 11.9 Å². The normalized spacial score (nSPS) is 18.0. The highest BCUT2D eigenvalue weighted by molar-refractivity contribution is 7.98. The van der Waals surface area contributed by atoms with Gasteiger partial charge in [-0.25, -0.2) is 15.0 Å². The predicted molar refractivity (Wildman–Crippen MR) is 117 cm³/mol. The number of anilines is 1. The van der Waals surface area contributed by atoms with E-state index in [4.69, 9.17) is 4.98 Å². The average Bonchev–Trinajstić information content (AvgIpc) is 3.21. The zero-order valence-corrected chi connectivity index (χ0v) is 17.4. The molecule has 29 heavy (non-hydrogen) atoms. The second-order valence-electron chi connectivity index (χ2n) is 7.32. The minimum absolute atomic E-state index is 0.0753. The molecule has 1 saturated heterocycles. The molecule has 7 nitrogen and oxygen atoms in total. The maximum atomic E-state index is 13.1. The molecule has 3 heterocycles. The van der Waals surface area contributed by atoms with E-state index in [1.807, 2.05) is 24.3 Å². The maximum Gasteiger partial charge on any atom is 0.225 e. The van der Waals surface area contributed by atoms with Gasteiger partial charge in [0.05, 0.1) is 23.0 Å². The van der Waals surface area contributed by atoms with Crippen LogP contribution in [0.3, 0.4) is 0 Å². The molecular weight excluding hydrogens is 384 g/mol. The summed E-state index contributed by atoms with van der Waals surface area (Å²) in [6.45, 7) is 1.53. The van der Waals surface area contributed by atoms with Crippen LogP contribution in [0.4, 0.5) is 5.95 Å². The Kier molecular flexibility index (Phi) is 6.29. The number of amides is 1. The van der Waals surface area contributed by atoms with Gasteiger partial charge < -0.3 is 15.2 Å². The summed E-state index contributed by atoms with van der Waals surface area (Å²) >= 11 is 1.77. The number of fused-ring (bicyclic) bond motifs is 1. The highest BCUT2D eigenvalue weighted by Crippen LogP contribution is 2.24. The summed E-state index contributed by atoms with van der Waals surface area (Å²) in [7, 11) is 0. The van der Waals surface area contributed by atoms with Gasteiger partial charge in [-0.3, -0.25) is 4.79 Å². The number of carbonyl (C=O) groups excluding carboxylic acids is 1. The summed E-state index contributed by atoms with van der Waals surface area (Å²) < 4.78 is 0. The van der Waals surface area contributed by atoms with E-state index in [1.54, 1.807) is 30.2 Å². The van der Waals surface area contributed by atoms with Crippen LogP contribution in [-0.2, 0) is 4.79 Å². The van der Waals surface area contributed by atoms with E-state index in [9.17, 15) is 4.79 Å². The minimum Gasteiger partial charge on any atom is -0.346 e. The van der Waals surface area contributed by atoms with Crippen LogP contribution in [0.5, 0.6) is 0 Å². The zero-order chi connectivity index (χ0) is 20.1. The van der Waals surface area contributed by atoms with E-state index in [0.717, 1.165) is 48.4 Å². The van der Waals surface area contributed by atoms with Gasteiger partial charge >= 0.3 is 0 Å². The summed E-state index contributed by atoms with van der Waals surface area (Å²) in [6, 6.07) is 9.65. The fourth-order valence-electron chi connectivity index (χ4n) is 3.77. The summed E-state index contributed by atoms with van der Waals surface area (Å²) in [4.78, 5) is 32.0. The first-order valence-corrected chi connectivity index (χ1v) is 11.4. The van der Waals surface area contributed by atoms with E-state index >= 15 is 0 Å². The lowest BCUT2D eigenvalue weighted by Gasteiger charge is -2.32. The monoisotopic (exact) mass is 410 g/mol. The number of aromatic amines is 1. The first-order chi connectivity index (χ1) is 14.2. The number of hydrogen-bond donors (Lipinski definition) is 2. The van der Waals surface area contributed by atoms with Gasteiger partial charge in [0.15, 0.2) is 0 Å². The molecule has 1 amide bonds. The third-order valence-electron chi connectivity index (χ3n) is 5.29. The van der Waals surface area contributed by atoms with Crippen molar-refractivity contribution < 1.29 is 4.79 Å². The lowest BCUT2D eigenvalue weighted by Crippen LogP contribution is -2.44. The number of para-hydroxylation sites is 2. The second kappa shape index (κ2) is 9.26. The summed E-state index contributed by atoms with van der Waals surface area (Å²) in [6.07, 6.45) is 8.24. The van der Waals surface area contributed by atoms with Gasteiger partial charge in [-0.1, -0.05) is 12.1 Å². The smallest absolute Gasteiger partial charge is 0.225 e. The molecule has 2 aromatic heterocycles. The van der Waals surface area contributed by atoms with E-state index in [0.29, 0.717) is 12.5 Å². The van der Waals surface area contributed by atoms with E-state index in [1.165, 1.54) is 0 Å². The first-order valence-electron chi connectivity index (χ1n) is 10.0. The maximum absolute atomic E-state index is 13.1. The molecule has 0 radical (unpaired) electrons. The number of thioether (sulfide) groups is 1. The van der Waals surface area contributed by atoms with Gasteiger partial charge in [-0.2, -0.15) is 11.8 Å². The van der Waals surface area contributed by atoms with E-state index in [-0.39, 0.29) is 17.9 Å². The average molecular weight is 411 g/mol. The molecule has 1 unspecified atom stereocenters. The molecule has 1 aliphatic heterocycles. The second-order valence-corrected chi connectivity index (χ2v) is 8.30. The Hall–Kier alpha value is -2.61. The zero-order valence-electron chi connectivity index (χ0n) is 16.5. The number of imidazole rings is 1. The van der Waals surface area contributed by atoms with E-state index < -0.39 is 0 Å². The molecule has 2 N–H and O–H groups in total. The number of aromatic nitrogens is 4. The van der Waals surface area contributed by atoms with Crippen LogP contribution in [-0.4, -0.2) is 50.9 Å². The van der Waals surface area contributed by atoms with Crippen molar-refractivity contribution in [3.05, 3.63) is 48.5 Å². The summed E-state index contributed by atoms with van der Waals surface area (Å²) in [5.74, 6) is 2.48. The van der Waals surface area contributed by atoms with Crippen molar-refractivity contribution in [2.45, 2.75) is 25.3 Å². The Balaban J connectivity index is 1.47. The first kappa shape index (κ1) is 19.7. The van der Waals surface area contributed by atoms with Gasteiger partial charge in [-0.15, -0.1) is 0 Å². The van der Waals surface area contributed by atoms with Crippen molar-refractivity contribution in [1.82, 2.24) is 25.3 Å². The number of carbonyl (C=O) groups is 1. The standard InChI is InChI=1S/C21H26N6OS/c1-29-13-9-18(19-24-16-7-2-3-8-17(16)25-19)26-20(28)15-6-4-12-27(14-15)21-22-10-5-11-23-21/h2-3,5,7-8,10-11,15,18H,4,6,9,12-14H2,1H3,(H,24,25)(H,26,28)/t15?,18-/m0/s1. The van der Waals surface area contributed by atoms with E-state index in [2.05, 4.69) is 31.4 Å². The van der Waals surface area contributed by atoms with Crippen molar-refractivity contribution in [1.29, 1.82) is 0 Å². The topological polar surface area (TPSA) is 86.8 Å². The molecule has 3 aromatic rings. The lowest BCUT2D eigenvalue weighted by molar-refractivity contribution is -0.126. The fourth-order valence-corrected chi connectivity index (χ4v) is 4.24. The molecule has 0 aliphatic carbocycles. The minimum atomic E-state index is -0.120. The molecule has 1 fully saturated rings. The largest absolute Gasteiger partial charge is 0.346 e. The third-order valence-corrected chi connectivity index (χ3v) is 5.94. The van der Waals surface area contributed by atoms with Crippen LogP contribution >= 0.6 is 11.8 Å². The molecular formula is C21H26N6OS. The fraction of sp³-hybridized carbons (Fsp3) is 0.429. The van der Waals surface area contributed by atoms with Crippen molar-refractivity contribution in [2.75, 3.05) is 30.0 Å². The van der Waals surface area contributed by atoms with Gasteiger partial charge in [0.1, 0.15) is 5.82 Å². The number of rotatable bonds is 7. The highest BCUT2D eigenvalue weighted by Gasteiger charge is 2.29. The molecule has 8 heteroatoms. The quantitative estimate of drug-likeness (QED) is 0.622. The Labute approximate surface area is 174 Å². The number of nitrogens with zero attached hydrogens (tertiary/aromatic N) is 4. The van der Waals surface area contributed by atoms with Crippen LogP contribution in [0.1, 0.15) is 31.1 Å². The molecule has 0 spiro atoms. The summed E-state index contributed by atoms with van der Waals surface area (Å²) in [5.41, 5.74) is 1.92. The van der Waals surface area contributed by atoms with Crippen molar-refractivity contribution >= 4 is 34.7 Å². The molecule has 1 aromatic carbocycles. The third kappa shape index (κ3) is 4.70. The van der Waals surface area contributed by atoms with Crippen molar-refractivity contribution in [2.24, 2.45) is 5.92 Å². The Morgan fingerprint density at radius 3 is 2.93 bits per heavy atom. The van der Waals surface area contributed by atoms with Gasteiger partial charge in [0, 0.05) is 25.5 Å². The predicted octanol–water partition coefficient (Wildman–Crippen LogP) is 3.18. The van der Waals surface area contributed by atoms with Crippen LogP contribution in [0, 0.1) is 5.92 Å². The van der Waals surface area contributed by atoms with Crippen LogP contribution in [0.15, 0.2) is 42.7 Å². The van der Waals surface area contributed by atoms with Gasteiger partial charge in [0.25, 0.3) is 0 Å². The SMILES string of the molecule is CSCC[C@H](NC(=O)C1CCCN(c2ncccn2)C1)c1nc2ccccc2[nH]1. The highest BCUT2D eigenvalue weighted by atomic mass is 32.2. The number of H-pyrrole nitrogens is 1. The molecule has 0 bridgehead atoms. The molecule has 2 atom stereocenters. The Morgan fingerprint density at radius 2 is 2.14 bits per heavy atom. The molecule has 4 rings (SSSR count). The number of hydrogen-bond acceptors (Lipinski definition) is 6. The van der Waals surface area contributed by atoms with Crippen LogP contribution < -0.4 is 10.2 Å². The van der Waals surface area contributed by atoms with Gasteiger partial charge in [-0.05, 0) is 49.5 Å². The van der Waals surface area contributed by atoms with Crippen LogP contribution in [0.25, 0.3) is 11.0 Å². The lowest BCUT2D eigenvalue weighted by atomic mass is 9.97. The number of piperidine rings is 1. The van der Waals surface area contributed by atoms with Crippen molar-refractivity contribution in [3.8, 4) is 0 Å². The number of nitrogens with one attached hydrogen (secondary N) is 2. The number of benzene rings is 1. The molecule has 0 saturated carbocycles. The van der Waals surface area contributed by atoms with Crippen LogP contribution in [0.2, 0.25) is 0 Å². The molecule has 152 valence electrons. The Morgan fingerprint density at radius 1 is 1.31 bits per heavy atom. The van der Waals surface area contributed by atoms with Crippen molar-refractivity contribution in [3.63, 3.8) is 0 Å². The summed E-state index contributed by atoms with van der Waals surface area (Å²) in [5, 5.41) is 3.26. The molecule has 1 aliphatic rings. The Bertz CT molecular complexity index is 914.